The first kappa shape index (κ1) is 21.1. The minimum Gasteiger partial charge on any atom is -0.493 e. The van der Waals surface area contributed by atoms with Gasteiger partial charge < -0.3 is 23.9 Å². The molecule has 1 aliphatic heterocycles. The maximum absolute atomic E-state index is 12.9. The average Bonchev–Trinajstić information content (AvgIpc) is 3.35. The Balaban J connectivity index is 1.42. The lowest BCUT2D eigenvalue weighted by molar-refractivity contribution is -0.0240. The number of carbonyl (C=O) groups is 1. The van der Waals surface area contributed by atoms with Crippen LogP contribution in [0.1, 0.15) is 34.7 Å². The molecule has 1 saturated heterocycles. The standard InChI is InChI=1S/C23H29NO5S/c1-14-4-6-19(27-2)22(8-14)29-21-10-16-12-24(11-15(16)9-18(21)25)23(26)20-7-5-17(28-20)13-30-3/h4-8,15-16,18,21,25H,9-13H2,1-3H3/t15-,16+,18+,21+/m0/s1. The van der Waals surface area contributed by atoms with E-state index in [1.54, 1.807) is 24.9 Å². The summed E-state index contributed by atoms with van der Waals surface area (Å²) in [5.74, 6) is 3.81. The second-order valence-electron chi connectivity index (χ2n) is 8.28. The molecule has 1 saturated carbocycles. The van der Waals surface area contributed by atoms with Gasteiger partial charge in [0, 0.05) is 13.1 Å². The van der Waals surface area contributed by atoms with Gasteiger partial charge in [0.1, 0.15) is 11.9 Å². The van der Waals surface area contributed by atoms with E-state index in [1.165, 1.54) is 0 Å². The van der Waals surface area contributed by atoms with Crippen molar-refractivity contribution in [2.75, 3.05) is 26.5 Å². The number of aliphatic hydroxyl groups excluding tert-OH is 1. The van der Waals surface area contributed by atoms with E-state index in [0.29, 0.717) is 49.1 Å². The largest absolute Gasteiger partial charge is 0.493 e. The van der Waals surface area contributed by atoms with E-state index >= 15 is 0 Å². The molecule has 2 fully saturated rings. The first-order valence-corrected chi connectivity index (χ1v) is 11.7. The zero-order valence-electron chi connectivity index (χ0n) is 17.7. The maximum Gasteiger partial charge on any atom is 0.289 e. The van der Waals surface area contributed by atoms with Gasteiger partial charge in [0.25, 0.3) is 5.91 Å². The summed E-state index contributed by atoms with van der Waals surface area (Å²) in [6.07, 6.45) is 2.47. The van der Waals surface area contributed by atoms with E-state index in [9.17, 15) is 9.90 Å². The van der Waals surface area contributed by atoms with Gasteiger partial charge in [-0.2, -0.15) is 11.8 Å². The number of rotatable bonds is 6. The molecule has 6 nitrogen and oxygen atoms in total. The molecular formula is C23H29NO5S. The number of nitrogens with zero attached hydrogens (tertiary/aromatic N) is 1. The molecule has 2 heterocycles. The maximum atomic E-state index is 12.9. The molecule has 1 aromatic carbocycles. The lowest BCUT2D eigenvalue weighted by atomic mass is 9.78. The summed E-state index contributed by atoms with van der Waals surface area (Å²) >= 11 is 1.66. The van der Waals surface area contributed by atoms with Crippen LogP contribution in [0.15, 0.2) is 34.7 Å². The fourth-order valence-corrected chi connectivity index (χ4v) is 5.03. The van der Waals surface area contributed by atoms with E-state index in [4.69, 9.17) is 13.9 Å². The zero-order valence-corrected chi connectivity index (χ0v) is 18.5. The van der Waals surface area contributed by atoms with Crippen LogP contribution in [0.5, 0.6) is 11.5 Å². The number of aryl methyl sites for hydroxylation is 1. The molecule has 0 unspecified atom stereocenters. The third-order valence-electron chi connectivity index (χ3n) is 6.13. The number of aliphatic hydroxyl groups is 1. The summed E-state index contributed by atoms with van der Waals surface area (Å²) in [6.45, 7) is 3.32. The van der Waals surface area contributed by atoms with Crippen LogP contribution in [-0.2, 0) is 5.75 Å². The van der Waals surface area contributed by atoms with Crippen molar-refractivity contribution in [1.82, 2.24) is 4.90 Å². The number of hydrogen-bond acceptors (Lipinski definition) is 6. The van der Waals surface area contributed by atoms with Crippen molar-refractivity contribution in [3.8, 4) is 11.5 Å². The Morgan fingerprint density at radius 1 is 1.20 bits per heavy atom. The Labute approximate surface area is 181 Å². The summed E-state index contributed by atoms with van der Waals surface area (Å²) in [5.41, 5.74) is 1.07. The Morgan fingerprint density at radius 3 is 2.70 bits per heavy atom. The molecular weight excluding hydrogens is 402 g/mol. The molecule has 1 aliphatic carbocycles. The van der Waals surface area contributed by atoms with E-state index < -0.39 is 6.10 Å². The topological polar surface area (TPSA) is 72.1 Å². The number of thioether (sulfide) groups is 1. The van der Waals surface area contributed by atoms with Crippen molar-refractivity contribution in [1.29, 1.82) is 0 Å². The Bertz CT molecular complexity index is 897. The Morgan fingerprint density at radius 2 is 1.97 bits per heavy atom. The third-order valence-corrected chi connectivity index (χ3v) is 6.70. The summed E-state index contributed by atoms with van der Waals surface area (Å²) in [4.78, 5) is 14.8. The van der Waals surface area contributed by atoms with E-state index in [-0.39, 0.29) is 17.9 Å². The number of fused-ring (bicyclic) bond motifs is 1. The molecule has 7 heteroatoms. The highest BCUT2D eigenvalue weighted by Crippen LogP contribution is 2.40. The molecule has 30 heavy (non-hydrogen) atoms. The van der Waals surface area contributed by atoms with E-state index in [0.717, 1.165) is 17.1 Å². The van der Waals surface area contributed by atoms with Gasteiger partial charge in [-0.25, -0.2) is 0 Å². The molecule has 1 amide bonds. The number of amides is 1. The molecule has 4 atom stereocenters. The predicted molar refractivity (Wildman–Crippen MR) is 116 cm³/mol. The highest BCUT2D eigenvalue weighted by Gasteiger charge is 2.44. The van der Waals surface area contributed by atoms with Gasteiger partial charge in [-0.1, -0.05) is 6.07 Å². The van der Waals surface area contributed by atoms with Crippen LogP contribution in [0.3, 0.4) is 0 Å². The smallest absolute Gasteiger partial charge is 0.289 e. The van der Waals surface area contributed by atoms with Gasteiger partial charge >= 0.3 is 0 Å². The molecule has 1 aromatic heterocycles. The highest BCUT2D eigenvalue weighted by atomic mass is 32.2. The van der Waals surface area contributed by atoms with Gasteiger partial charge in [-0.3, -0.25) is 4.79 Å². The SMILES string of the molecule is COc1ccc(C)cc1O[C@@H]1C[C@@H]2CN(C(=O)c3ccc(CSC)o3)C[C@@H]2C[C@H]1O. The lowest BCUT2D eigenvalue weighted by Gasteiger charge is -2.35. The predicted octanol–water partition coefficient (Wildman–Crippen LogP) is 3.75. The van der Waals surface area contributed by atoms with Crippen molar-refractivity contribution in [2.45, 2.75) is 37.7 Å². The molecule has 0 bridgehead atoms. The summed E-state index contributed by atoms with van der Waals surface area (Å²) in [6, 6.07) is 9.42. The molecule has 2 aromatic rings. The van der Waals surface area contributed by atoms with Crippen molar-refractivity contribution >= 4 is 17.7 Å². The minimum absolute atomic E-state index is 0.0657. The normalized spacial score (nSPS) is 25.8. The molecule has 2 aliphatic rings. The van der Waals surface area contributed by atoms with Crippen LogP contribution in [0.25, 0.3) is 0 Å². The lowest BCUT2D eigenvalue weighted by Crippen LogP contribution is -2.42. The molecule has 162 valence electrons. The first-order chi connectivity index (χ1) is 14.5. The minimum atomic E-state index is -0.566. The number of likely N-dealkylation sites (tertiary alicyclic amines) is 1. The number of furan rings is 1. The fourth-order valence-electron chi connectivity index (χ4n) is 4.59. The summed E-state index contributed by atoms with van der Waals surface area (Å²) < 4.78 is 17.3. The number of carbonyl (C=O) groups excluding carboxylic acids is 1. The monoisotopic (exact) mass is 431 g/mol. The van der Waals surface area contributed by atoms with Crippen LogP contribution in [-0.4, -0.2) is 54.6 Å². The number of benzene rings is 1. The van der Waals surface area contributed by atoms with Gasteiger partial charge in [0.15, 0.2) is 17.3 Å². The van der Waals surface area contributed by atoms with Gasteiger partial charge in [-0.15, -0.1) is 0 Å². The van der Waals surface area contributed by atoms with Gasteiger partial charge in [-0.05, 0) is 67.7 Å². The number of hydrogen-bond donors (Lipinski definition) is 1. The Kier molecular flexibility index (Phi) is 6.29. The quantitative estimate of drug-likeness (QED) is 0.751. The number of methoxy groups -OCH3 is 1. The first-order valence-electron chi connectivity index (χ1n) is 10.3. The summed E-state index contributed by atoms with van der Waals surface area (Å²) in [5, 5.41) is 10.7. The molecule has 0 radical (unpaired) electrons. The van der Waals surface area contributed by atoms with Crippen LogP contribution >= 0.6 is 11.8 Å². The second kappa shape index (κ2) is 8.94. The molecule has 0 spiro atoms. The van der Waals surface area contributed by atoms with Gasteiger partial charge in [0.2, 0.25) is 0 Å². The average molecular weight is 432 g/mol. The zero-order chi connectivity index (χ0) is 21.3. The van der Waals surface area contributed by atoms with Crippen LogP contribution in [0.2, 0.25) is 0 Å². The van der Waals surface area contributed by atoms with Gasteiger partial charge in [0.05, 0.1) is 19.0 Å². The number of ether oxygens (including phenoxy) is 2. The Hall–Kier alpha value is -2.12. The van der Waals surface area contributed by atoms with Crippen molar-refractivity contribution < 1.29 is 23.8 Å². The van der Waals surface area contributed by atoms with Crippen LogP contribution < -0.4 is 9.47 Å². The molecule has 1 N–H and O–H groups in total. The van der Waals surface area contributed by atoms with Crippen LogP contribution in [0, 0.1) is 18.8 Å². The van der Waals surface area contributed by atoms with Crippen molar-refractivity contribution in [3.63, 3.8) is 0 Å². The van der Waals surface area contributed by atoms with Crippen molar-refractivity contribution in [3.05, 3.63) is 47.4 Å². The fraction of sp³-hybridized carbons (Fsp3) is 0.522. The van der Waals surface area contributed by atoms with E-state index in [2.05, 4.69) is 0 Å². The summed E-state index contributed by atoms with van der Waals surface area (Å²) in [7, 11) is 1.62. The van der Waals surface area contributed by atoms with Crippen molar-refractivity contribution in [2.24, 2.45) is 11.8 Å². The third kappa shape index (κ3) is 4.32. The van der Waals surface area contributed by atoms with Crippen LogP contribution in [0.4, 0.5) is 0 Å². The molecule has 4 rings (SSSR count). The second-order valence-corrected chi connectivity index (χ2v) is 9.14. The highest BCUT2D eigenvalue weighted by molar-refractivity contribution is 7.97. The van der Waals surface area contributed by atoms with E-state index in [1.807, 2.05) is 42.3 Å².